The van der Waals surface area contributed by atoms with Gasteiger partial charge in [-0.15, -0.1) is 0 Å². The Hall–Kier alpha value is -0.220. The van der Waals surface area contributed by atoms with Crippen LogP contribution >= 0.6 is 11.8 Å². The largest absolute Gasteiger partial charge is 0.370 e. The Balaban J connectivity index is 2.23. The van der Waals surface area contributed by atoms with Crippen LogP contribution in [0.25, 0.3) is 0 Å². The van der Waals surface area contributed by atoms with Crippen LogP contribution in [0.3, 0.4) is 0 Å². The molecular formula is C11H22N2OS. The van der Waals surface area contributed by atoms with Crippen LogP contribution in [-0.4, -0.2) is 30.0 Å². The molecule has 0 saturated heterocycles. The number of hydrogen-bond acceptors (Lipinski definition) is 3. The molecule has 1 fully saturated rings. The predicted molar refractivity (Wildman–Crippen MR) is 66.0 cm³/mol. The van der Waals surface area contributed by atoms with Crippen molar-refractivity contribution in [3.05, 3.63) is 0 Å². The molecule has 0 aromatic carbocycles. The van der Waals surface area contributed by atoms with Crippen LogP contribution in [-0.2, 0) is 4.79 Å². The molecule has 0 aromatic heterocycles. The van der Waals surface area contributed by atoms with Gasteiger partial charge in [0.25, 0.3) is 0 Å². The molecule has 0 radical (unpaired) electrons. The fraction of sp³-hybridized carbons (Fsp3) is 0.909. The number of carbonyl (C=O) groups excluding carboxylic acids is 1. The van der Waals surface area contributed by atoms with Gasteiger partial charge in [0, 0.05) is 24.3 Å². The molecule has 1 rings (SSSR count). The van der Waals surface area contributed by atoms with Crippen LogP contribution in [0.15, 0.2) is 0 Å². The highest BCUT2D eigenvalue weighted by molar-refractivity contribution is 8.00. The van der Waals surface area contributed by atoms with Crippen LogP contribution in [0.5, 0.6) is 0 Å². The van der Waals surface area contributed by atoms with Crippen molar-refractivity contribution in [3.8, 4) is 0 Å². The fourth-order valence-electron chi connectivity index (χ4n) is 2.18. The molecule has 0 unspecified atom stereocenters. The number of nitrogens with one attached hydrogen (secondary N) is 1. The van der Waals surface area contributed by atoms with E-state index >= 15 is 0 Å². The van der Waals surface area contributed by atoms with Gasteiger partial charge in [0.15, 0.2) is 0 Å². The second-order valence-corrected chi connectivity index (χ2v) is 5.62. The van der Waals surface area contributed by atoms with Crippen LogP contribution in [0.1, 0.15) is 38.5 Å². The van der Waals surface area contributed by atoms with Crippen molar-refractivity contribution >= 4 is 17.7 Å². The smallest absolute Gasteiger partial charge is 0.218 e. The van der Waals surface area contributed by atoms with Crippen LogP contribution < -0.4 is 11.1 Å². The topological polar surface area (TPSA) is 55.1 Å². The Morgan fingerprint density at radius 3 is 2.60 bits per heavy atom. The molecule has 15 heavy (non-hydrogen) atoms. The minimum Gasteiger partial charge on any atom is -0.370 e. The highest BCUT2D eigenvalue weighted by Crippen LogP contribution is 2.37. The molecule has 0 bridgehead atoms. The van der Waals surface area contributed by atoms with Gasteiger partial charge in [-0.05, 0) is 19.1 Å². The average molecular weight is 230 g/mol. The molecule has 0 atom stereocenters. The number of amides is 1. The van der Waals surface area contributed by atoms with E-state index in [9.17, 15) is 4.79 Å². The summed E-state index contributed by atoms with van der Waals surface area (Å²) in [4.78, 5) is 10.6. The zero-order chi connectivity index (χ0) is 11.1. The third-order valence-corrected chi connectivity index (χ3v) is 4.61. The summed E-state index contributed by atoms with van der Waals surface area (Å²) in [7, 11) is 0. The SMILES string of the molecule is CSC1(CNCCC(N)=O)CCCCC1. The Bertz CT molecular complexity index is 203. The molecule has 1 aliphatic rings. The second kappa shape index (κ2) is 6.38. The first-order valence-electron chi connectivity index (χ1n) is 5.73. The molecule has 1 saturated carbocycles. The maximum atomic E-state index is 10.6. The van der Waals surface area contributed by atoms with E-state index in [1.54, 1.807) is 0 Å². The molecule has 3 N–H and O–H groups in total. The van der Waals surface area contributed by atoms with E-state index in [0.29, 0.717) is 11.2 Å². The molecule has 0 aliphatic heterocycles. The molecule has 4 heteroatoms. The van der Waals surface area contributed by atoms with Crippen molar-refractivity contribution in [3.63, 3.8) is 0 Å². The zero-order valence-corrected chi connectivity index (χ0v) is 10.4. The lowest BCUT2D eigenvalue weighted by molar-refractivity contribution is -0.117. The first-order valence-corrected chi connectivity index (χ1v) is 6.95. The summed E-state index contributed by atoms with van der Waals surface area (Å²) in [5.74, 6) is -0.218. The summed E-state index contributed by atoms with van der Waals surface area (Å²) in [6.45, 7) is 1.74. The number of carbonyl (C=O) groups is 1. The standard InChI is InChI=1S/C11H22N2OS/c1-15-11(6-3-2-4-7-11)9-13-8-5-10(12)14/h13H,2-9H2,1H3,(H2,12,14). The Kier molecular flexibility index (Phi) is 5.47. The summed E-state index contributed by atoms with van der Waals surface area (Å²) in [5, 5.41) is 3.36. The Morgan fingerprint density at radius 2 is 2.07 bits per heavy atom. The molecular weight excluding hydrogens is 208 g/mol. The minimum absolute atomic E-state index is 0.218. The van der Waals surface area contributed by atoms with E-state index < -0.39 is 0 Å². The van der Waals surface area contributed by atoms with Crippen LogP contribution in [0, 0.1) is 0 Å². The lowest BCUT2D eigenvalue weighted by Crippen LogP contribution is -2.40. The highest BCUT2D eigenvalue weighted by Gasteiger charge is 2.30. The maximum absolute atomic E-state index is 10.6. The van der Waals surface area contributed by atoms with Gasteiger partial charge in [-0.3, -0.25) is 4.79 Å². The Morgan fingerprint density at radius 1 is 1.40 bits per heavy atom. The lowest BCUT2D eigenvalue weighted by atomic mass is 9.88. The number of hydrogen-bond donors (Lipinski definition) is 2. The number of primary amides is 1. The van der Waals surface area contributed by atoms with Gasteiger partial charge in [0.2, 0.25) is 5.91 Å². The van der Waals surface area contributed by atoms with E-state index in [1.807, 2.05) is 11.8 Å². The number of nitrogens with two attached hydrogens (primary N) is 1. The number of rotatable bonds is 6. The summed E-state index contributed by atoms with van der Waals surface area (Å²) >= 11 is 1.97. The number of thioether (sulfide) groups is 1. The van der Waals surface area contributed by atoms with E-state index in [4.69, 9.17) is 5.73 Å². The van der Waals surface area contributed by atoms with Crippen molar-refractivity contribution in [1.29, 1.82) is 0 Å². The van der Waals surface area contributed by atoms with E-state index in [-0.39, 0.29) is 5.91 Å². The van der Waals surface area contributed by atoms with E-state index in [0.717, 1.165) is 13.1 Å². The van der Waals surface area contributed by atoms with Crippen molar-refractivity contribution in [2.45, 2.75) is 43.3 Å². The van der Waals surface area contributed by atoms with Crippen molar-refractivity contribution in [2.75, 3.05) is 19.3 Å². The summed E-state index contributed by atoms with van der Waals surface area (Å²) in [6, 6.07) is 0. The van der Waals surface area contributed by atoms with Gasteiger partial charge >= 0.3 is 0 Å². The summed E-state index contributed by atoms with van der Waals surface area (Å²) in [5.41, 5.74) is 5.09. The quantitative estimate of drug-likeness (QED) is 0.680. The highest BCUT2D eigenvalue weighted by atomic mass is 32.2. The van der Waals surface area contributed by atoms with Gasteiger partial charge < -0.3 is 11.1 Å². The van der Waals surface area contributed by atoms with Gasteiger partial charge in [0.1, 0.15) is 0 Å². The second-order valence-electron chi connectivity index (χ2n) is 4.34. The van der Waals surface area contributed by atoms with Crippen molar-refractivity contribution in [1.82, 2.24) is 5.32 Å². The molecule has 1 aliphatic carbocycles. The molecule has 0 heterocycles. The molecule has 1 amide bonds. The molecule has 3 nitrogen and oxygen atoms in total. The van der Waals surface area contributed by atoms with Crippen molar-refractivity contribution in [2.24, 2.45) is 5.73 Å². The van der Waals surface area contributed by atoms with Crippen molar-refractivity contribution < 1.29 is 4.79 Å². The predicted octanol–water partition coefficient (Wildman–Crippen LogP) is 1.52. The van der Waals surface area contributed by atoms with E-state index in [1.165, 1.54) is 32.1 Å². The lowest BCUT2D eigenvalue weighted by Gasteiger charge is -2.36. The van der Waals surface area contributed by atoms with E-state index in [2.05, 4.69) is 11.6 Å². The average Bonchev–Trinajstić information content (AvgIpc) is 2.26. The fourth-order valence-corrected chi connectivity index (χ4v) is 3.12. The van der Waals surface area contributed by atoms with Crippen LogP contribution in [0.2, 0.25) is 0 Å². The minimum atomic E-state index is -0.218. The van der Waals surface area contributed by atoms with Gasteiger partial charge in [0.05, 0.1) is 0 Å². The zero-order valence-electron chi connectivity index (χ0n) is 9.55. The Labute approximate surface area is 96.6 Å². The van der Waals surface area contributed by atoms with Gasteiger partial charge in [-0.1, -0.05) is 19.3 Å². The molecule has 0 spiro atoms. The third kappa shape index (κ3) is 4.43. The first kappa shape index (κ1) is 12.8. The third-order valence-electron chi connectivity index (χ3n) is 3.19. The molecule has 88 valence electrons. The maximum Gasteiger partial charge on any atom is 0.218 e. The van der Waals surface area contributed by atoms with Gasteiger partial charge in [-0.25, -0.2) is 0 Å². The summed E-state index contributed by atoms with van der Waals surface area (Å²) < 4.78 is 0.413. The van der Waals surface area contributed by atoms with Gasteiger partial charge in [-0.2, -0.15) is 11.8 Å². The first-order chi connectivity index (χ1) is 7.18. The molecule has 0 aromatic rings. The summed E-state index contributed by atoms with van der Waals surface area (Å²) in [6.07, 6.45) is 9.32. The monoisotopic (exact) mass is 230 g/mol. The normalized spacial score (nSPS) is 20.1. The van der Waals surface area contributed by atoms with Crippen LogP contribution in [0.4, 0.5) is 0 Å².